The second-order valence-corrected chi connectivity index (χ2v) is 38.4. The van der Waals surface area contributed by atoms with Gasteiger partial charge in [-0.15, -0.1) is 0 Å². The second kappa shape index (κ2) is 19.8. The molecule has 0 bridgehead atoms. The Labute approximate surface area is 201 Å². The van der Waals surface area contributed by atoms with Gasteiger partial charge in [0.2, 0.25) is 0 Å². The number of hydrogen-bond acceptors (Lipinski definition) is 0. The maximum atomic E-state index is 4.88. The summed E-state index contributed by atoms with van der Waals surface area (Å²) < 4.78 is 13.1. The summed E-state index contributed by atoms with van der Waals surface area (Å²) in [6, 6.07) is 0. The van der Waals surface area contributed by atoms with Crippen LogP contribution in [0, 0.1) is 0 Å². The van der Waals surface area contributed by atoms with E-state index in [2.05, 4.69) is 41.5 Å². The predicted molar refractivity (Wildman–Crippen MR) is 149 cm³/mol. The van der Waals surface area contributed by atoms with Crippen LogP contribution in [0.3, 0.4) is 0 Å². The van der Waals surface area contributed by atoms with E-state index < -0.39 is 36.8 Å². The summed E-state index contributed by atoms with van der Waals surface area (Å²) >= 11 is -4.15. The van der Waals surface area contributed by atoms with Gasteiger partial charge in [0, 0.05) is 0 Å². The van der Waals surface area contributed by atoms with E-state index in [0.717, 1.165) is 0 Å². The van der Waals surface area contributed by atoms with E-state index in [1.807, 2.05) is 0 Å². The van der Waals surface area contributed by atoms with Gasteiger partial charge in [-0.25, -0.2) is 0 Å². The molecule has 0 unspecified atom stereocenters. The first-order valence-electron chi connectivity index (χ1n) is 14.1. The summed E-state index contributed by atoms with van der Waals surface area (Å²) in [7, 11) is 0. The van der Waals surface area contributed by atoms with E-state index in [-0.39, 0.29) is 0 Å². The Morgan fingerprint density at radius 1 is 0.433 bits per heavy atom. The molecule has 30 heavy (non-hydrogen) atoms. The van der Waals surface area contributed by atoms with Gasteiger partial charge in [-0.1, -0.05) is 0 Å². The first-order chi connectivity index (χ1) is 14.5. The van der Waals surface area contributed by atoms with Crippen molar-refractivity contribution in [3.05, 3.63) is 12.2 Å². The fourth-order valence-electron chi connectivity index (χ4n) is 5.71. The Hall–Kier alpha value is 1.34. The summed E-state index contributed by atoms with van der Waals surface area (Å²) in [4.78, 5) is 0. The maximum absolute atomic E-state index is 4.88. The van der Waals surface area contributed by atoms with Gasteiger partial charge in [0.15, 0.2) is 0 Å². The molecule has 0 radical (unpaired) electrons. The van der Waals surface area contributed by atoms with Crippen LogP contribution < -0.4 is 0 Å². The Balaban J connectivity index is 5.50. The quantitative estimate of drug-likeness (QED) is 0.0822. The van der Waals surface area contributed by atoms with Crippen LogP contribution in [0.25, 0.3) is 0 Å². The number of unbranched alkanes of at least 4 members (excludes halogenated alkanes) is 6. The molecule has 0 amide bonds. The summed E-state index contributed by atoms with van der Waals surface area (Å²) in [5.41, 5.74) is 1.79. The zero-order chi connectivity index (χ0) is 22.7. The average Bonchev–Trinajstić information content (AvgIpc) is 2.75. The van der Waals surface area contributed by atoms with Crippen LogP contribution in [0.4, 0.5) is 0 Å². The third-order valence-corrected chi connectivity index (χ3v) is 39.0. The van der Waals surface area contributed by atoms with Gasteiger partial charge in [-0.2, -0.15) is 0 Å². The van der Waals surface area contributed by atoms with Gasteiger partial charge in [-0.05, 0) is 0 Å². The van der Waals surface area contributed by atoms with Crippen molar-refractivity contribution in [2.45, 2.75) is 154 Å². The van der Waals surface area contributed by atoms with Crippen LogP contribution in [-0.2, 0) is 0 Å². The molecule has 0 heterocycles. The van der Waals surface area contributed by atoms with Crippen molar-refractivity contribution < 1.29 is 0 Å². The molecule has 0 aromatic rings. The first kappa shape index (κ1) is 31.3. The molecule has 0 aliphatic heterocycles. The van der Waals surface area contributed by atoms with Crippen molar-refractivity contribution in [3.8, 4) is 0 Å². The van der Waals surface area contributed by atoms with Crippen molar-refractivity contribution in [2.75, 3.05) is 0 Å². The van der Waals surface area contributed by atoms with Crippen molar-refractivity contribution in [2.24, 2.45) is 0 Å². The molecule has 0 rings (SSSR count). The first-order valence-corrected chi connectivity index (χ1v) is 30.3. The summed E-state index contributed by atoms with van der Waals surface area (Å²) in [6.07, 6.45) is 17.4. The van der Waals surface area contributed by atoms with Crippen LogP contribution >= 0.6 is 0 Å². The molecule has 0 N–H and O–H groups in total. The average molecular weight is 634 g/mol. The van der Waals surface area contributed by atoms with Crippen LogP contribution in [0.2, 0.25) is 35.5 Å². The molecule has 0 spiro atoms. The molecule has 0 atom stereocenters. The predicted octanol–water partition coefficient (Wildman–Crippen LogP) is 11.2. The van der Waals surface area contributed by atoms with E-state index >= 15 is 0 Å². The van der Waals surface area contributed by atoms with Gasteiger partial charge in [0.25, 0.3) is 0 Å². The fraction of sp³-hybridized carbons (Fsp3) is 0.929. The molecule has 2 heteroatoms. The topological polar surface area (TPSA) is 0 Å². The van der Waals surface area contributed by atoms with Crippen molar-refractivity contribution in [3.63, 3.8) is 0 Å². The summed E-state index contributed by atoms with van der Waals surface area (Å²) in [5, 5.41) is 0. The Bertz CT molecular complexity index is 322. The van der Waals surface area contributed by atoms with Crippen LogP contribution in [0.5, 0.6) is 0 Å². The number of rotatable bonds is 22. The van der Waals surface area contributed by atoms with E-state index in [0.29, 0.717) is 0 Å². The molecule has 0 aliphatic rings. The Kier molecular flexibility index (Phi) is 20.7. The third-order valence-electron chi connectivity index (χ3n) is 7.61. The van der Waals surface area contributed by atoms with Gasteiger partial charge >= 0.3 is 203 Å². The van der Waals surface area contributed by atoms with E-state index in [1.54, 1.807) is 41.1 Å². The number of hydrogen-bond donors (Lipinski definition) is 0. The van der Waals surface area contributed by atoms with Gasteiger partial charge < -0.3 is 0 Å². The zero-order valence-corrected chi connectivity index (χ0v) is 28.1. The Morgan fingerprint density at radius 2 is 0.633 bits per heavy atom. The molecule has 0 fully saturated rings. The van der Waals surface area contributed by atoms with Crippen molar-refractivity contribution >= 4 is 36.8 Å². The molecule has 0 aromatic heterocycles. The van der Waals surface area contributed by atoms with E-state index in [1.165, 1.54) is 77.0 Å². The molecule has 180 valence electrons. The van der Waals surface area contributed by atoms with Crippen LogP contribution in [0.15, 0.2) is 12.2 Å². The Morgan fingerprint density at radius 3 is 0.800 bits per heavy atom. The number of allylic oxidation sites excluding steroid dienone is 1. The molecule has 0 aromatic carbocycles. The van der Waals surface area contributed by atoms with Gasteiger partial charge in [0.05, 0.1) is 0 Å². The van der Waals surface area contributed by atoms with Crippen molar-refractivity contribution in [1.82, 2.24) is 0 Å². The van der Waals surface area contributed by atoms with E-state index in [4.69, 9.17) is 6.58 Å². The van der Waals surface area contributed by atoms with E-state index in [9.17, 15) is 0 Å². The summed E-state index contributed by atoms with van der Waals surface area (Å²) in [5.74, 6) is 0. The fourth-order valence-corrected chi connectivity index (χ4v) is 40.7. The summed E-state index contributed by atoms with van der Waals surface area (Å²) in [6.45, 7) is 19.3. The molecule has 0 saturated heterocycles. The van der Waals surface area contributed by atoms with Crippen LogP contribution in [0.1, 0.15) is 119 Å². The zero-order valence-electron chi connectivity index (χ0n) is 22.3. The second-order valence-electron chi connectivity index (χ2n) is 10.7. The normalized spacial score (nSPS) is 12.5. The molecule has 0 saturated carbocycles. The van der Waals surface area contributed by atoms with Crippen LogP contribution in [-0.4, -0.2) is 36.8 Å². The van der Waals surface area contributed by atoms with Crippen molar-refractivity contribution in [1.29, 1.82) is 0 Å². The molecule has 0 nitrogen and oxygen atoms in total. The third kappa shape index (κ3) is 13.8. The molecular weight excluding hydrogens is 574 g/mol. The minimum absolute atomic E-state index is 1.40. The monoisotopic (exact) mass is 636 g/mol. The molecule has 0 aliphatic carbocycles. The molecular formula is C28H60Sn2. The SMILES string of the molecule is C=C([CH2][Sn]([CH2]CCC)([CH2]CCC)[CH2]CCC)[CH2][Sn]([CH2]CCC)([CH2]CCC)[CH2]CCC. The standard InChI is InChI=1S/C4H6.6C4H9.2Sn/c1-4(2)3;6*1-3-4-2;;/h1-3H2;6*1,3-4H2,2H3;;. The van der Waals surface area contributed by atoms with Gasteiger partial charge in [-0.3, -0.25) is 0 Å². The minimum atomic E-state index is -2.08. The van der Waals surface area contributed by atoms with Gasteiger partial charge in [0.1, 0.15) is 0 Å².